The molecule has 0 saturated carbocycles. The van der Waals surface area contributed by atoms with Crippen molar-refractivity contribution in [3.8, 4) is 0 Å². The lowest BCUT2D eigenvalue weighted by Gasteiger charge is -1.72. The van der Waals surface area contributed by atoms with Crippen molar-refractivity contribution >= 4 is 18.1 Å². The van der Waals surface area contributed by atoms with Crippen molar-refractivity contribution < 1.29 is 34.8 Å². The zero-order valence-electron chi connectivity index (χ0n) is 4.51. The Bertz CT molecular complexity index is 131. The van der Waals surface area contributed by atoms with Crippen molar-refractivity contribution in [2.75, 3.05) is 0 Å². The normalized spacial score (nSPS) is 6.80. The molecule has 0 rings (SSSR count). The molecule has 0 aromatic rings. The molecule has 0 amide bonds. The molecular weight excluding hydrogens is 148 g/mol. The largest absolute Gasteiger partial charge is 0.503 e. The predicted molar refractivity (Wildman–Crippen MR) is 25.9 cm³/mol. The Labute approximate surface area is 54.1 Å². The predicted octanol–water partition coefficient (Wildman–Crippen LogP) is -0.622. The van der Waals surface area contributed by atoms with Crippen LogP contribution in [0.1, 0.15) is 0 Å². The number of carbonyl (C=O) groups is 3. The summed E-state index contributed by atoms with van der Waals surface area (Å²) in [6, 6.07) is 0. The number of carboxylic acids is 2. The summed E-state index contributed by atoms with van der Waals surface area (Å²) in [7, 11) is 0. The van der Waals surface area contributed by atoms with Crippen LogP contribution in [-0.2, 0) is 9.59 Å². The van der Waals surface area contributed by atoms with E-state index in [0.29, 0.717) is 0 Å². The van der Waals surface area contributed by atoms with Gasteiger partial charge in [-0.2, -0.15) is 0 Å². The fraction of sp³-hybridized carbons (Fsp3) is 0. The fourth-order valence-electron chi connectivity index (χ4n) is 0. The smallest absolute Gasteiger partial charge is 0.473 e. The summed E-state index contributed by atoms with van der Waals surface area (Å²) in [4.78, 5) is 26.8. The molecule has 0 atom stereocenters. The molecule has 0 spiro atoms. The van der Waals surface area contributed by atoms with Crippen LogP contribution in [-0.4, -0.2) is 38.5 Å². The molecule has 0 fully saturated rings. The molecule has 0 radical (unpaired) electrons. The van der Waals surface area contributed by atoms with Gasteiger partial charge in [0, 0.05) is 0 Å². The van der Waals surface area contributed by atoms with Gasteiger partial charge in [-0.25, -0.2) is 14.4 Å². The van der Waals surface area contributed by atoms with Crippen LogP contribution in [0.2, 0.25) is 0 Å². The van der Waals surface area contributed by atoms with Crippen LogP contribution < -0.4 is 0 Å². The second-order valence-corrected chi connectivity index (χ2v) is 0.893. The number of hydrogen-bond acceptors (Lipinski definition) is 3. The number of rotatable bonds is 0. The van der Waals surface area contributed by atoms with Crippen molar-refractivity contribution in [3.63, 3.8) is 0 Å². The standard InChI is InChI=1S/C2H2O4.CH2O3/c3-1(4)2(5)6;2-1(3)4/h(H,3,4)(H,5,6);(H2,2,3,4). The summed E-state index contributed by atoms with van der Waals surface area (Å²) in [6.45, 7) is 0. The molecule has 0 unspecified atom stereocenters. The first-order valence-electron chi connectivity index (χ1n) is 1.76. The fourth-order valence-corrected chi connectivity index (χ4v) is 0. The van der Waals surface area contributed by atoms with Crippen LogP contribution in [0.15, 0.2) is 0 Å². The summed E-state index contributed by atoms with van der Waals surface area (Å²) in [6.07, 6.45) is -1.83. The van der Waals surface area contributed by atoms with Crippen LogP contribution in [0.25, 0.3) is 0 Å². The highest BCUT2D eigenvalue weighted by Crippen LogP contribution is 1.56. The first-order chi connectivity index (χ1) is 4.37. The molecule has 0 saturated heterocycles. The Morgan fingerprint density at radius 2 is 0.800 bits per heavy atom. The van der Waals surface area contributed by atoms with Crippen LogP contribution in [0, 0.1) is 0 Å². The van der Waals surface area contributed by atoms with Crippen LogP contribution in [0.5, 0.6) is 0 Å². The van der Waals surface area contributed by atoms with Crippen molar-refractivity contribution in [2.24, 2.45) is 0 Å². The first-order valence-corrected chi connectivity index (χ1v) is 1.76. The Kier molecular flexibility index (Phi) is 5.92. The van der Waals surface area contributed by atoms with Crippen molar-refractivity contribution in [2.45, 2.75) is 0 Å². The third kappa shape index (κ3) is 34.5. The minimum absolute atomic E-state index is 1.82. The first kappa shape index (κ1) is 11.1. The molecule has 4 N–H and O–H groups in total. The lowest BCUT2D eigenvalue weighted by molar-refractivity contribution is -0.159. The van der Waals surface area contributed by atoms with E-state index in [2.05, 4.69) is 0 Å². The third-order valence-corrected chi connectivity index (χ3v) is 0.183. The molecular formula is C3H4O7. The van der Waals surface area contributed by atoms with E-state index in [1.54, 1.807) is 0 Å². The summed E-state index contributed by atoms with van der Waals surface area (Å²) >= 11 is 0. The molecule has 0 bridgehead atoms. The highest BCUT2D eigenvalue weighted by molar-refractivity contribution is 6.27. The second-order valence-electron chi connectivity index (χ2n) is 0.893. The van der Waals surface area contributed by atoms with Gasteiger partial charge in [0.15, 0.2) is 0 Å². The van der Waals surface area contributed by atoms with Gasteiger partial charge in [-0.3, -0.25) is 0 Å². The maximum Gasteiger partial charge on any atom is 0.503 e. The number of aliphatic carboxylic acids is 2. The van der Waals surface area contributed by atoms with Crippen molar-refractivity contribution in [1.82, 2.24) is 0 Å². The van der Waals surface area contributed by atoms with E-state index < -0.39 is 18.1 Å². The van der Waals surface area contributed by atoms with E-state index in [9.17, 15) is 0 Å². The summed E-state index contributed by atoms with van der Waals surface area (Å²) in [5.41, 5.74) is 0. The Morgan fingerprint density at radius 1 is 0.700 bits per heavy atom. The quantitative estimate of drug-likeness (QED) is 0.340. The summed E-state index contributed by atoms with van der Waals surface area (Å²) in [5.74, 6) is -3.65. The number of hydrogen-bond donors (Lipinski definition) is 4. The van der Waals surface area contributed by atoms with Gasteiger partial charge < -0.3 is 20.4 Å². The highest BCUT2D eigenvalue weighted by atomic mass is 16.6. The summed E-state index contributed by atoms with van der Waals surface area (Å²) < 4.78 is 0. The maximum atomic E-state index is 9.10. The van der Waals surface area contributed by atoms with E-state index in [4.69, 9.17) is 34.8 Å². The van der Waals surface area contributed by atoms with Crippen molar-refractivity contribution in [1.29, 1.82) is 0 Å². The molecule has 10 heavy (non-hydrogen) atoms. The molecule has 7 heteroatoms. The van der Waals surface area contributed by atoms with Gasteiger partial charge in [0.05, 0.1) is 0 Å². The van der Waals surface area contributed by atoms with Crippen molar-refractivity contribution in [3.05, 3.63) is 0 Å². The second kappa shape index (κ2) is 5.35. The van der Waals surface area contributed by atoms with Gasteiger partial charge in [0.25, 0.3) is 0 Å². The van der Waals surface area contributed by atoms with Gasteiger partial charge in [-0.1, -0.05) is 0 Å². The van der Waals surface area contributed by atoms with E-state index in [0.717, 1.165) is 0 Å². The minimum Gasteiger partial charge on any atom is -0.473 e. The Balaban J connectivity index is 0. The number of carboxylic acid groups (broad SMARTS) is 4. The molecule has 0 aliphatic heterocycles. The van der Waals surface area contributed by atoms with Gasteiger partial charge in [-0.15, -0.1) is 0 Å². The van der Waals surface area contributed by atoms with Crippen LogP contribution in [0.4, 0.5) is 4.79 Å². The molecule has 58 valence electrons. The Hall–Kier alpha value is -1.79. The monoisotopic (exact) mass is 152 g/mol. The topological polar surface area (TPSA) is 132 Å². The zero-order valence-corrected chi connectivity index (χ0v) is 4.51. The van der Waals surface area contributed by atoms with E-state index in [1.165, 1.54) is 0 Å². The zero-order chi connectivity index (χ0) is 8.73. The van der Waals surface area contributed by atoms with Gasteiger partial charge in [0.2, 0.25) is 0 Å². The van der Waals surface area contributed by atoms with Crippen LogP contribution in [0.3, 0.4) is 0 Å². The molecule has 0 aromatic carbocycles. The van der Waals surface area contributed by atoms with E-state index in [-0.39, 0.29) is 0 Å². The van der Waals surface area contributed by atoms with E-state index in [1.807, 2.05) is 0 Å². The molecule has 0 aliphatic rings. The molecule has 7 nitrogen and oxygen atoms in total. The van der Waals surface area contributed by atoms with Gasteiger partial charge in [-0.05, 0) is 0 Å². The molecule has 0 aliphatic carbocycles. The van der Waals surface area contributed by atoms with Gasteiger partial charge in [0.1, 0.15) is 0 Å². The molecule has 0 aromatic heterocycles. The third-order valence-electron chi connectivity index (χ3n) is 0.183. The SMILES string of the molecule is O=C(O)C(=O)O.O=C(O)O. The summed E-state index contributed by atoms with van der Waals surface area (Å²) in [5, 5.41) is 28.7. The molecule has 0 heterocycles. The lowest BCUT2D eigenvalue weighted by Crippen LogP contribution is -2.09. The Morgan fingerprint density at radius 3 is 0.800 bits per heavy atom. The minimum atomic E-state index is -1.83. The average Bonchev–Trinajstić information content (AvgIpc) is 1.63. The lowest BCUT2D eigenvalue weighted by atomic mass is 10.7. The van der Waals surface area contributed by atoms with Gasteiger partial charge >= 0.3 is 18.1 Å². The average molecular weight is 152 g/mol. The maximum absolute atomic E-state index is 9.10. The van der Waals surface area contributed by atoms with E-state index >= 15 is 0 Å². The highest BCUT2D eigenvalue weighted by Gasteiger charge is 2.04. The van der Waals surface area contributed by atoms with Crippen LogP contribution >= 0.6 is 0 Å².